The molecular weight excluding hydrogens is 458 g/mol. The van der Waals surface area contributed by atoms with Crippen LogP contribution in [0.2, 0.25) is 0 Å². The number of carboxylic acids is 1. The van der Waals surface area contributed by atoms with Crippen molar-refractivity contribution < 1.29 is 29.6 Å². The summed E-state index contributed by atoms with van der Waals surface area (Å²) in [5, 5.41) is 32.5. The van der Waals surface area contributed by atoms with Crippen LogP contribution >= 0.6 is 12.4 Å². The lowest BCUT2D eigenvalue weighted by Crippen LogP contribution is -2.41. The van der Waals surface area contributed by atoms with Gasteiger partial charge < -0.3 is 24.8 Å². The second kappa shape index (κ2) is 12.3. The molecule has 0 saturated heterocycles. The molecule has 3 rings (SSSR count). The van der Waals surface area contributed by atoms with Gasteiger partial charge in [-0.05, 0) is 60.9 Å². The predicted octanol–water partition coefficient (Wildman–Crippen LogP) is 4.80. The van der Waals surface area contributed by atoms with Crippen molar-refractivity contribution in [2.45, 2.75) is 26.0 Å². The largest absolute Gasteiger partial charge is 0.508 e. The molecule has 3 aromatic rings. The Morgan fingerprint density at radius 1 is 0.971 bits per heavy atom. The summed E-state index contributed by atoms with van der Waals surface area (Å²) < 4.78 is 11.4. The Balaban J connectivity index is 0.00000408. The van der Waals surface area contributed by atoms with Crippen molar-refractivity contribution >= 4 is 18.4 Å². The fourth-order valence-electron chi connectivity index (χ4n) is 3.33. The van der Waals surface area contributed by atoms with Crippen LogP contribution in [-0.4, -0.2) is 41.0 Å². The van der Waals surface area contributed by atoms with Crippen LogP contribution in [0.4, 0.5) is 0 Å². The van der Waals surface area contributed by atoms with Gasteiger partial charge in [0.1, 0.15) is 35.1 Å². The van der Waals surface area contributed by atoms with Gasteiger partial charge in [0.05, 0.1) is 6.61 Å². The first-order valence-corrected chi connectivity index (χ1v) is 10.8. The SMILES string of the molecule is CCCOc1cc(-c2ccc(OCCN[C@@](C)(O)c3cccc(O)c3)cc2)ccc1C(=O)O.Cl. The highest BCUT2D eigenvalue weighted by atomic mass is 35.5. The lowest BCUT2D eigenvalue weighted by atomic mass is 10.0. The summed E-state index contributed by atoms with van der Waals surface area (Å²) >= 11 is 0. The first-order valence-electron chi connectivity index (χ1n) is 10.8. The molecule has 0 saturated carbocycles. The van der Waals surface area contributed by atoms with E-state index in [1.807, 2.05) is 31.2 Å². The van der Waals surface area contributed by atoms with Crippen LogP contribution in [0.1, 0.15) is 36.2 Å². The number of aromatic carboxylic acids is 1. The first kappa shape index (κ1) is 27.0. The van der Waals surface area contributed by atoms with Gasteiger partial charge in [0.25, 0.3) is 0 Å². The summed E-state index contributed by atoms with van der Waals surface area (Å²) in [7, 11) is 0. The number of aromatic hydroxyl groups is 1. The molecule has 0 amide bonds. The Kier molecular flexibility index (Phi) is 9.74. The lowest BCUT2D eigenvalue weighted by Gasteiger charge is -2.25. The smallest absolute Gasteiger partial charge is 0.339 e. The van der Waals surface area contributed by atoms with Gasteiger partial charge in [-0.1, -0.05) is 37.3 Å². The van der Waals surface area contributed by atoms with E-state index in [2.05, 4.69) is 5.32 Å². The van der Waals surface area contributed by atoms with Crippen LogP contribution in [0.5, 0.6) is 17.2 Å². The molecule has 4 N–H and O–H groups in total. The molecule has 0 aromatic heterocycles. The molecular formula is C26H30ClNO6. The van der Waals surface area contributed by atoms with Gasteiger partial charge in [0.15, 0.2) is 0 Å². The number of carbonyl (C=O) groups is 1. The fraction of sp³-hybridized carbons (Fsp3) is 0.269. The molecule has 0 aliphatic rings. The molecule has 7 nitrogen and oxygen atoms in total. The van der Waals surface area contributed by atoms with E-state index in [4.69, 9.17) is 9.47 Å². The summed E-state index contributed by atoms with van der Waals surface area (Å²) in [6, 6.07) is 19.0. The molecule has 0 unspecified atom stereocenters. The van der Waals surface area contributed by atoms with Crippen molar-refractivity contribution in [3.8, 4) is 28.4 Å². The third kappa shape index (κ3) is 7.12. The van der Waals surface area contributed by atoms with Crippen molar-refractivity contribution in [2.75, 3.05) is 19.8 Å². The third-order valence-corrected chi connectivity index (χ3v) is 5.11. The summed E-state index contributed by atoms with van der Waals surface area (Å²) in [6.07, 6.45) is 0.785. The van der Waals surface area contributed by atoms with Crippen LogP contribution in [-0.2, 0) is 5.72 Å². The zero-order chi connectivity index (χ0) is 23.8. The van der Waals surface area contributed by atoms with E-state index in [-0.39, 0.29) is 23.7 Å². The molecule has 0 aliphatic heterocycles. The average molecular weight is 488 g/mol. The number of benzene rings is 3. The fourth-order valence-corrected chi connectivity index (χ4v) is 3.33. The lowest BCUT2D eigenvalue weighted by molar-refractivity contribution is 0.0167. The molecule has 182 valence electrons. The first-order chi connectivity index (χ1) is 15.8. The number of nitrogens with one attached hydrogen (secondary N) is 1. The zero-order valence-corrected chi connectivity index (χ0v) is 20.0. The second-order valence-electron chi connectivity index (χ2n) is 7.79. The Labute approximate surface area is 205 Å². The molecule has 34 heavy (non-hydrogen) atoms. The van der Waals surface area contributed by atoms with Gasteiger partial charge in [-0.15, -0.1) is 12.4 Å². The number of phenolic OH excluding ortho intramolecular Hbond substituents is 1. The second-order valence-corrected chi connectivity index (χ2v) is 7.79. The van der Waals surface area contributed by atoms with E-state index in [1.54, 1.807) is 43.3 Å². The van der Waals surface area contributed by atoms with Gasteiger partial charge in [-0.3, -0.25) is 5.32 Å². The Morgan fingerprint density at radius 3 is 2.32 bits per heavy atom. The van der Waals surface area contributed by atoms with Crippen molar-refractivity contribution in [3.63, 3.8) is 0 Å². The highest BCUT2D eigenvalue weighted by Gasteiger charge is 2.22. The maximum absolute atomic E-state index is 11.4. The minimum absolute atomic E-state index is 0. The predicted molar refractivity (Wildman–Crippen MR) is 133 cm³/mol. The Bertz CT molecular complexity index is 1080. The quantitative estimate of drug-likeness (QED) is 0.227. The number of ether oxygens (including phenoxy) is 2. The molecule has 0 radical (unpaired) electrons. The average Bonchev–Trinajstić information content (AvgIpc) is 2.80. The minimum atomic E-state index is -1.30. The van der Waals surface area contributed by atoms with E-state index in [0.717, 1.165) is 17.5 Å². The number of halogens is 1. The van der Waals surface area contributed by atoms with Gasteiger partial charge in [0, 0.05) is 12.1 Å². The summed E-state index contributed by atoms with van der Waals surface area (Å²) in [5.41, 5.74) is 1.15. The highest BCUT2D eigenvalue weighted by Crippen LogP contribution is 2.29. The Hall–Kier alpha value is -3.26. The van der Waals surface area contributed by atoms with Crippen molar-refractivity contribution in [1.29, 1.82) is 0 Å². The number of hydrogen-bond donors (Lipinski definition) is 4. The van der Waals surface area contributed by atoms with Gasteiger partial charge in [-0.25, -0.2) is 4.79 Å². The molecule has 0 spiro atoms. The maximum atomic E-state index is 11.4. The van der Waals surface area contributed by atoms with Crippen molar-refractivity contribution in [2.24, 2.45) is 0 Å². The highest BCUT2D eigenvalue weighted by molar-refractivity contribution is 5.92. The van der Waals surface area contributed by atoms with E-state index in [0.29, 0.717) is 36.8 Å². The van der Waals surface area contributed by atoms with E-state index in [1.165, 1.54) is 6.07 Å². The number of phenols is 1. The summed E-state index contributed by atoms with van der Waals surface area (Å²) in [5.74, 6) is 0.0924. The van der Waals surface area contributed by atoms with Crippen LogP contribution < -0.4 is 14.8 Å². The van der Waals surface area contributed by atoms with Crippen LogP contribution in [0.15, 0.2) is 66.7 Å². The van der Waals surface area contributed by atoms with Gasteiger partial charge >= 0.3 is 5.97 Å². The zero-order valence-electron chi connectivity index (χ0n) is 19.2. The molecule has 0 aliphatic carbocycles. The number of carboxylic acid groups (broad SMARTS) is 1. The van der Waals surface area contributed by atoms with Crippen LogP contribution in [0.25, 0.3) is 11.1 Å². The molecule has 0 bridgehead atoms. The van der Waals surface area contributed by atoms with Crippen LogP contribution in [0, 0.1) is 0 Å². The van der Waals surface area contributed by atoms with E-state index < -0.39 is 11.7 Å². The molecule has 1 atom stereocenters. The van der Waals surface area contributed by atoms with Crippen molar-refractivity contribution in [3.05, 3.63) is 77.9 Å². The minimum Gasteiger partial charge on any atom is -0.508 e. The molecule has 0 heterocycles. The topological polar surface area (TPSA) is 108 Å². The van der Waals surface area contributed by atoms with Crippen molar-refractivity contribution in [1.82, 2.24) is 5.32 Å². The monoisotopic (exact) mass is 487 g/mol. The van der Waals surface area contributed by atoms with Gasteiger partial charge in [0.2, 0.25) is 0 Å². The molecule has 3 aromatic carbocycles. The summed E-state index contributed by atoms with van der Waals surface area (Å²) in [6.45, 7) is 4.75. The number of rotatable bonds is 11. The standard InChI is InChI=1S/C26H29NO6.ClH/c1-3-14-33-24-16-19(9-12-23(24)25(29)30)18-7-10-22(11-8-18)32-15-13-27-26(2,31)20-5-4-6-21(28)17-20;/h4-12,16-17,27-28,31H,3,13-15H2,1-2H3,(H,29,30);1H/t26-;/m0./s1. The normalized spacial score (nSPS) is 12.3. The van der Waals surface area contributed by atoms with Gasteiger partial charge in [-0.2, -0.15) is 0 Å². The molecule has 0 fully saturated rings. The number of aliphatic hydroxyl groups is 1. The van der Waals surface area contributed by atoms with E-state index >= 15 is 0 Å². The third-order valence-electron chi connectivity index (χ3n) is 5.11. The summed E-state index contributed by atoms with van der Waals surface area (Å²) in [4.78, 5) is 11.4. The Morgan fingerprint density at radius 2 is 1.68 bits per heavy atom. The van der Waals surface area contributed by atoms with Crippen LogP contribution in [0.3, 0.4) is 0 Å². The molecule has 8 heteroatoms. The number of hydrogen-bond acceptors (Lipinski definition) is 6. The maximum Gasteiger partial charge on any atom is 0.339 e. The van der Waals surface area contributed by atoms with E-state index in [9.17, 15) is 20.1 Å².